The van der Waals surface area contributed by atoms with E-state index in [4.69, 9.17) is 0 Å². The maximum Gasteiger partial charge on any atom is 0.273 e. The third-order valence-electron chi connectivity index (χ3n) is 6.04. The maximum atomic E-state index is 12.6. The van der Waals surface area contributed by atoms with Crippen molar-refractivity contribution in [3.8, 4) is 0 Å². The molecule has 6 heteroatoms. The highest BCUT2D eigenvalue weighted by atomic mass is 16.2. The van der Waals surface area contributed by atoms with Crippen LogP contribution in [0.1, 0.15) is 62.6 Å². The first-order chi connectivity index (χ1) is 12.3. The van der Waals surface area contributed by atoms with Crippen LogP contribution in [0.4, 0.5) is 0 Å². The summed E-state index contributed by atoms with van der Waals surface area (Å²) >= 11 is 0. The lowest BCUT2D eigenvalue weighted by Gasteiger charge is -2.61. The summed E-state index contributed by atoms with van der Waals surface area (Å²) in [5, 5.41) is 11.3. The second kappa shape index (κ2) is 5.91. The fourth-order valence-corrected chi connectivity index (χ4v) is 4.02. The van der Waals surface area contributed by atoms with Crippen molar-refractivity contribution in [3.05, 3.63) is 47.8 Å². The molecule has 1 aliphatic heterocycles. The molecule has 2 aromatic rings. The third-order valence-corrected chi connectivity index (χ3v) is 6.04. The first-order valence-electron chi connectivity index (χ1n) is 9.36. The maximum absolute atomic E-state index is 12.6. The van der Waals surface area contributed by atoms with Gasteiger partial charge >= 0.3 is 0 Å². The van der Waals surface area contributed by atoms with Crippen molar-refractivity contribution in [2.24, 2.45) is 0 Å². The number of aromatic nitrogens is 3. The molecule has 2 heterocycles. The summed E-state index contributed by atoms with van der Waals surface area (Å²) in [4.78, 5) is 15.0. The summed E-state index contributed by atoms with van der Waals surface area (Å²) in [5.74, 6) is -0.132. The monoisotopic (exact) mass is 353 g/mol. The molecule has 0 bridgehead atoms. The first-order valence-corrected chi connectivity index (χ1v) is 9.36. The summed E-state index contributed by atoms with van der Waals surface area (Å²) in [5.41, 5.74) is 1.46. The second-order valence-electron chi connectivity index (χ2n) is 8.53. The molecule has 1 aliphatic carbocycles. The Bertz CT molecular complexity index is 807. The van der Waals surface area contributed by atoms with Gasteiger partial charge in [0.1, 0.15) is 0 Å². The van der Waals surface area contributed by atoms with Crippen LogP contribution in [-0.2, 0) is 5.54 Å². The van der Waals surface area contributed by atoms with Crippen molar-refractivity contribution in [2.45, 2.75) is 63.7 Å². The number of rotatable bonds is 5. The predicted molar refractivity (Wildman–Crippen MR) is 99.8 cm³/mol. The first kappa shape index (κ1) is 17.2. The SMILES string of the molecule is CC(C)(c1ccccc1)N1C[C@@H](NC(=O)c2cn(C3CC3)nn2)C1(C)C. The lowest BCUT2D eigenvalue weighted by atomic mass is 9.76. The van der Waals surface area contributed by atoms with E-state index in [-0.39, 0.29) is 23.0 Å². The summed E-state index contributed by atoms with van der Waals surface area (Å²) in [6, 6.07) is 11.0. The Morgan fingerprint density at radius 1 is 1.23 bits per heavy atom. The quantitative estimate of drug-likeness (QED) is 0.898. The van der Waals surface area contributed by atoms with Crippen LogP contribution in [0.5, 0.6) is 0 Å². The lowest BCUT2D eigenvalue weighted by Crippen LogP contribution is -2.76. The van der Waals surface area contributed by atoms with Crippen LogP contribution in [0.2, 0.25) is 0 Å². The molecule has 138 valence electrons. The number of benzene rings is 1. The van der Waals surface area contributed by atoms with Gasteiger partial charge in [-0.2, -0.15) is 0 Å². The Kier molecular flexibility index (Phi) is 3.91. The molecule has 4 rings (SSSR count). The van der Waals surface area contributed by atoms with E-state index < -0.39 is 0 Å². The molecule has 1 saturated carbocycles. The van der Waals surface area contributed by atoms with Crippen molar-refractivity contribution < 1.29 is 4.79 Å². The number of nitrogens with zero attached hydrogens (tertiary/aromatic N) is 4. The largest absolute Gasteiger partial charge is 0.345 e. The molecule has 0 unspecified atom stereocenters. The molecular weight excluding hydrogens is 326 g/mol. The molecule has 2 fully saturated rings. The average molecular weight is 353 g/mol. The molecule has 2 aliphatic rings. The van der Waals surface area contributed by atoms with E-state index in [0.717, 1.165) is 19.4 Å². The summed E-state index contributed by atoms with van der Waals surface area (Å²) in [6.45, 7) is 9.67. The number of nitrogens with one attached hydrogen (secondary N) is 1. The molecule has 26 heavy (non-hydrogen) atoms. The summed E-state index contributed by atoms with van der Waals surface area (Å²) < 4.78 is 1.81. The van der Waals surface area contributed by atoms with Crippen LogP contribution < -0.4 is 5.32 Å². The van der Waals surface area contributed by atoms with Gasteiger partial charge < -0.3 is 5.32 Å². The molecule has 6 nitrogen and oxygen atoms in total. The zero-order valence-corrected chi connectivity index (χ0v) is 15.9. The topological polar surface area (TPSA) is 63.1 Å². The van der Waals surface area contributed by atoms with E-state index in [1.165, 1.54) is 5.56 Å². The van der Waals surface area contributed by atoms with Crippen molar-refractivity contribution >= 4 is 5.91 Å². The van der Waals surface area contributed by atoms with Crippen LogP contribution in [0, 0.1) is 0 Å². The number of carbonyl (C=O) groups is 1. The highest BCUT2D eigenvalue weighted by molar-refractivity contribution is 5.92. The number of carbonyl (C=O) groups excluding carboxylic acids is 1. The molecule has 1 amide bonds. The Morgan fingerprint density at radius 2 is 1.92 bits per heavy atom. The van der Waals surface area contributed by atoms with E-state index in [0.29, 0.717) is 11.7 Å². The number of hydrogen-bond donors (Lipinski definition) is 1. The smallest absolute Gasteiger partial charge is 0.273 e. The number of amides is 1. The van der Waals surface area contributed by atoms with E-state index in [9.17, 15) is 4.79 Å². The zero-order valence-electron chi connectivity index (χ0n) is 15.9. The standard InChI is InChI=1S/C20H27N5O/c1-19(2,14-8-6-5-7-9-14)25-13-17(20(25,3)4)21-18(26)16-12-24(23-22-16)15-10-11-15/h5-9,12,15,17H,10-11,13H2,1-4H3,(H,21,26)/t17-/m1/s1. The fourth-order valence-electron chi connectivity index (χ4n) is 4.02. The molecular formula is C20H27N5O. The fraction of sp³-hybridized carbons (Fsp3) is 0.550. The number of likely N-dealkylation sites (tertiary alicyclic amines) is 1. The van der Waals surface area contributed by atoms with E-state index >= 15 is 0 Å². The molecule has 1 N–H and O–H groups in total. The lowest BCUT2D eigenvalue weighted by molar-refractivity contribution is -0.0961. The average Bonchev–Trinajstić information content (AvgIpc) is 3.35. The predicted octanol–water partition coefficient (Wildman–Crippen LogP) is 2.74. The molecule has 0 radical (unpaired) electrons. The minimum absolute atomic E-state index is 0.0871. The van der Waals surface area contributed by atoms with Crippen LogP contribution in [0.15, 0.2) is 36.5 Å². The van der Waals surface area contributed by atoms with Gasteiger partial charge in [0.2, 0.25) is 0 Å². The molecule has 1 aromatic heterocycles. The Labute approximate surface area is 154 Å². The van der Waals surface area contributed by atoms with Gasteiger partial charge in [0.05, 0.1) is 18.3 Å². The van der Waals surface area contributed by atoms with Gasteiger partial charge in [0, 0.05) is 17.6 Å². The number of hydrogen-bond acceptors (Lipinski definition) is 4. The second-order valence-corrected chi connectivity index (χ2v) is 8.53. The van der Waals surface area contributed by atoms with Crippen molar-refractivity contribution in [3.63, 3.8) is 0 Å². The summed E-state index contributed by atoms with van der Waals surface area (Å²) in [7, 11) is 0. The molecule has 0 spiro atoms. The van der Waals surface area contributed by atoms with E-state index in [1.54, 1.807) is 6.20 Å². The van der Waals surface area contributed by atoms with Gasteiger partial charge in [0.25, 0.3) is 5.91 Å². The van der Waals surface area contributed by atoms with Crippen LogP contribution in [0.3, 0.4) is 0 Å². The van der Waals surface area contributed by atoms with Gasteiger partial charge in [-0.15, -0.1) is 5.10 Å². The Morgan fingerprint density at radius 3 is 2.54 bits per heavy atom. The van der Waals surface area contributed by atoms with Gasteiger partial charge in [-0.1, -0.05) is 35.5 Å². The summed E-state index contributed by atoms with van der Waals surface area (Å²) in [6.07, 6.45) is 4.03. The van der Waals surface area contributed by atoms with E-state index in [1.807, 2.05) is 10.7 Å². The zero-order chi connectivity index (χ0) is 18.5. The van der Waals surface area contributed by atoms with E-state index in [2.05, 4.69) is 72.5 Å². The van der Waals surface area contributed by atoms with Gasteiger partial charge in [-0.05, 0) is 46.1 Å². The molecule has 1 aromatic carbocycles. The van der Waals surface area contributed by atoms with Gasteiger partial charge in [-0.3, -0.25) is 9.69 Å². The molecule has 1 saturated heterocycles. The van der Waals surface area contributed by atoms with Gasteiger partial charge in [-0.25, -0.2) is 4.68 Å². The van der Waals surface area contributed by atoms with Crippen LogP contribution in [-0.4, -0.2) is 43.9 Å². The highest BCUT2D eigenvalue weighted by Crippen LogP contribution is 2.42. The Balaban J connectivity index is 1.44. The van der Waals surface area contributed by atoms with Crippen molar-refractivity contribution in [1.29, 1.82) is 0 Å². The highest BCUT2D eigenvalue weighted by Gasteiger charge is 2.53. The van der Waals surface area contributed by atoms with Crippen molar-refractivity contribution in [1.82, 2.24) is 25.2 Å². The third kappa shape index (κ3) is 2.82. The normalized spacial score (nSPS) is 22.7. The van der Waals surface area contributed by atoms with Crippen LogP contribution >= 0.6 is 0 Å². The minimum Gasteiger partial charge on any atom is -0.345 e. The van der Waals surface area contributed by atoms with Crippen molar-refractivity contribution in [2.75, 3.05) is 6.54 Å². The minimum atomic E-state index is -0.137. The van der Waals surface area contributed by atoms with Crippen LogP contribution in [0.25, 0.3) is 0 Å². The Hall–Kier alpha value is -2.21. The molecule has 1 atom stereocenters. The van der Waals surface area contributed by atoms with Gasteiger partial charge in [0.15, 0.2) is 5.69 Å².